The third-order valence-electron chi connectivity index (χ3n) is 11.1. The van der Waals surface area contributed by atoms with Gasteiger partial charge in [-0.2, -0.15) is 0 Å². The van der Waals surface area contributed by atoms with Crippen LogP contribution < -0.4 is 0 Å². The first-order chi connectivity index (χ1) is 28.6. The highest BCUT2D eigenvalue weighted by atomic mass is 16.6. The van der Waals surface area contributed by atoms with Gasteiger partial charge in [-0.25, -0.2) is 0 Å². The van der Waals surface area contributed by atoms with Crippen LogP contribution in [0.25, 0.3) is 0 Å². The van der Waals surface area contributed by atoms with E-state index in [9.17, 15) is 9.59 Å². The topological polar surface area (TPSA) is 61.8 Å². The summed E-state index contributed by atoms with van der Waals surface area (Å²) in [6.07, 6.45) is 58.6. The van der Waals surface area contributed by atoms with Crippen molar-refractivity contribution >= 4 is 11.9 Å². The molecule has 0 bridgehead atoms. The zero-order chi connectivity index (χ0) is 42.1. The molecule has 5 nitrogen and oxygen atoms in total. The van der Waals surface area contributed by atoms with Crippen LogP contribution in [-0.4, -0.2) is 37.9 Å². The lowest BCUT2D eigenvalue weighted by Gasteiger charge is -2.18. The van der Waals surface area contributed by atoms with E-state index in [0.29, 0.717) is 19.4 Å². The maximum absolute atomic E-state index is 12.7. The average Bonchev–Trinajstić information content (AvgIpc) is 3.22. The molecule has 0 aliphatic heterocycles. The molecule has 0 saturated carbocycles. The number of carbonyl (C=O) groups is 2. The van der Waals surface area contributed by atoms with Gasteiger partial charge >= 0.3 is 11.9 Å². The van der Waals surface area contributed by atoms with E-state index in [-0.39, 0.29) is 25.2 Å². The van der Waals surface area contributed by atoms with Crippen molar-refractivity contribution in [2.45, 2.75) is 271 Å². The van der Waals surface area contributed by atoms with Gasteiger partial charge in [0.05, 0.1) is 6.61 Å². The van der Waals surface area contributed by atoms with Crippen molar-refractivity contribution < 1.29 is 23.8 Å². The summed E-state index contributed by atoms with van der Waals surface area (Å²) in [4.78, 5) is 25.3. The van der Waals surface area contributed by atoms with Crippen molar-refractivity contribution in [1.29, 1.82) is 0 Å². The predicted molar refractivity (Wildman–Crippen MR) is 252 cm³/mol. The van der Waals surface area contributed by atoms with Gasteiger partial charge in [0.25, 0.3) is 0 Å². The van der Waals surface area contributed by atoms with Crippen molar-refractivity contribution in [3.05, 3.63) is 36.5 Å². The Bertz CT molecular complexity index is 924. The third kappa shape index (κ3) is 46.8. The van der Waals surface area contributed by atoms with Gasteiger partial charge in [0.2, 0.25) is 0 Å². The van der Waals surface area contributed by atoms with Crippen molar-refractivity contribution in [3.8, 4) is 0 Å². The number of allylic oxidation sites excluding steroid dienone is 6. The minimum absolute atomic E-state index is 0.0830. The molecule has 0 aromatic carbocycles. The van der Waals surface area contributed by atoms with Crippen LogP contribution in [0.15, 0.2) is 36.5 Å². The van der Waals surface area contributed by atoms with E-state index in [1.54, 1.807) is 0 Å². The van der Waals surface area contributed by atoms with Crippen LogP contribution in [-0.2, 0) is 23.8 Å². The molecule has 0 radical (unpaired) electrons. The van der Waals surface area contributed by atoms with Gasteiger partial charge in [0, 0.05) is 19.4 Å². The monoisotopic (exact) mass is 815 g/mol. The molecule has 0 amide bonds. The Kier molecular flexibility index (Phi) is 47.9. The number of ether oxygens (including phenoxy) is 3. The standard InChI is InChI=1S/C53H98O5/c1-4-7-10-13-16-19-22-24-26-27-28-29-32-34-37-40-43-46-52(54)57-50-51(58-53(55)47-44-41-38-35-31-21-18-15-12-9-6-3)49-56-48-45-42-39-36-33-30-25-23-20-17-14-11-8-5-2/h11,14,20,23-24,26,51H,4-10,12-13,15-19,21-22,25,27-50H2,1-3H3/b14-11-,23-20-,26-24-. The second kappa shape index (κ2) is 49.5. The normalized spacial score (nSPS) is 12.4. The molecule has 0 rings (SSSR count). The van der Waals surface area contributed by atoms with E-state index in [4.69, 9.17) is 14.2 Å². The number of carbonyl (C=O) groups excluding carboxylic acids is 2. The molecule has 0 aliphatic rings. The van der Waals surface area contributed by atoms with E-state index in [0.717, 1.165) is 44.9 Å². The first kappa shape index (κ1) is 56.1. The Hall–Kier alpha value is -1.88. The van der Waals surface area contributed by atoms with Crippen molar-refractivity contribution in [3.63, 3.8) is 0 Å². The van der Waals surface area contributed by atoms with Crippen LogP contribution in [0, 0.1) is 0 Å². The van der Waals surface area contributed by atoms with Crippen LogP contribution >= 0.6 is 0 Å². The Morgan fingerprint density at radius 2 is 0.759 bits per heavy atom. The molecule has 0 N–H and O–H groups in total. The van der Waals surface area contributed by atoms with E-state index in [1.165, 1.54) is 186 Å². The van der Waals surface area contributed by atoms with E-state index >= 15 is 0 Å². The highest BCUT2D eigenvalue weighted by molar-refractivity contribution is 5.70. The molecule has 340 valence electrons. The van der Waals surface area contributed by atoms with Crippen LogP contribution in [0.2, 0.25) is 0 Å². The van der Waals surface area contributed by atoms with Crippen LogP contribution in [0.5, 0.6) is 0 Å². The Morgan fingerprint density at radius 3 is 1.22 bits per heavy atom. The number of hydrogen-bond acceptors (Lipinski definition) is 5. The quantitative estimate of drug-likeness (QED) is 0.0348. The van der Waals surface area contributed by atoms with Crippen molar-refractivity contribution in [2.24, 2.45) is 0 Å². The molecule has 1 atom stereocenters. The van der Waals surface area contributed by atoms with Crippen LogP contribution in [0.1, 0.15) is 265 Å². The number of esters is 2. The molecule has 0 fully saturated rings. The minimum Gasteiger partial charge on any atom is -0.462 e. The fraction of sp³-hybridized carbons (Fsp3) is 0.849. The largest absolute Gasteiger partial charge is 0.462 e. The Labute approximate surface area is 361 Å². The van der Waals surface area contributed by atoms with E-state index in [1.807, 2.05) is 0 Å². The molecule has 1 unspecified atom stereocenters. The summed E-state index contributed by atoms with van der Waals surface area (Å²) in [6, 6.07) is 0. The lowest BCUT2D eigenvalue weighted by atomic mass is 10.1. The van der Waals surface area contributed by atoms with Gasteiger partial charge in [0.15, 0.2) is 6.10 Å². The molecule has 0 saturated heterocycles. The maximum atomic E-state index is 12.7. The van der Waals surface area contributed by atoms with Crippen molar-refractivity contribution in [1.82, 2.24) is 0 Å². The summed E-state index contributed by atoms with van der Waals surface area (Å²) in [5, 5.41) is 0. The van der Waals surface area contributed by atoms with E-state index in [2.05, 4.69) is 57.2 Å². The van der Waals surface area contributed by atoms with Crippen LogP contribution in [0.4, 0.5) is 0 Å². The summed E-state index contributed by atoms with van der Waals surface area (Å²) >= 11 is 0. The minimum atomic E-state index is -0.537. The van der Waals surface area contributed by atoms with E-state index < -0.39 is 6.10 Å². The summed E-state index contributed by atoms with van der Waals surface area (Å²) in [5.74, 6) is -0.397. The molecule has 58 heavy (non-hydrogen) atoms. The Balaban J connectivity index is 4.22. The highest BCUT2D eigenvalue weighted by Gasteiger charge is 2.17. The third-order valence-corrected chi connectivity index (χ3v) is 11.1. The van der Waals surface area contributed by atoms with Gasteiger partial charge in [0.1, 0.15) is 6.61 Å². The molecule has 0 aromatic heterocycles. The lowest BCUT2D eigenvalue weighted by molar-refractivity contribution is -0.163. The molecular weight excluding hydrogens is 717 g/mol. The van der Waals surface area contributed by atoms with Crippen molar-refractivity contribution in [2.75, 3.05) is 19.8 Å². The zero-order valence-electron chi connectivity index (χ0n) is 39.1. The van der Waals surface area contributed by atoms with Crippen LogP contribution in [0.3, 0.4) is 0 Å². The summed E-state index contributed by atoms with van der Waals surface area (Å²) in [7, 11) is 0. The molecule has 0 aromatic rings. The number of unbranched alkanes of at least 4 members (excludes halogenated alkanes) is 30. The van der Waals surface area contributed by atoms with Gasteiger partial charge < -0.3 is 14.2 Å². The summed E-state index contributed by atoms with van der Waals surface area (Å²) < 4.78 is 17.4. The van der Waals surface area contributed by atoms with Gasteiger partial charge in [-0.05, 0) is 70.6 Å². The summed E-state index contributed by atoms with van der Waals surface area (Å²) in [6.45, 7) is 7.76. The lowest BCUT2D eigenvalue weighted by Crippen LogP contribution is -2.30. The second-order valence-electron chi connectivity index (χ2n) is 17.1. The second-order valence-corrected chi connectivity index (χ2v) is 17.1. The van der Waals surface area contributed by atoms with Gasteiger partial charge in [-0.3, -0.25) is 9.59 Å². The highest BCUT2D eigenvalue weighted by Crippen LogP contribution is 2.15. The molecule has 0 heterocycles. The first-order valence-electron chi connectivity index (χ1n) is 25.5. The predicted octanol–water partition coefficient (Wildman–Crippen LogP) is 17.0. The number of hydrogen-bond donors (Lipinski definition) is 0. The summed E-state index contributed by atoms with van der Waals surface area (Å²) in [5.41, 5.74) is 0. The Morgan fingerprint density at radius 1 is 0.379 bits per heavy atom. The zero-order valence-corrected chi connectivity index (χ0v) is 39.1. The fourth-order valence-corrected chi connectivity index (χ4v) is 7.31. The number of rotatable bonds is 47. The van der Waals surface area contributed by atoms with Gasteiger partial charge in [-0.15, -0.1) is 0 Å². The fourth-order valence-electron chi connectivity index (χ4n) is 7.31. The SMILES string of the molecule is CCC/C=C\C/C=C\CCCCCCCCOCC(COC(=O)CCCCCCCCC/C=C\CCCCCCCC)OC(=O)CCCCCCCCCCCCC. The first-order valence-corrected chi connectivity index (χ1v) is 25.5. The molecular formula is C53H98O5. The average molecular weight is 815 g/mol. The molecule has 0 spiro atoms. The smallest absolute Gasteiger partial charge is 0.306 e. The van der Waals surface area contributed by atoms with Gasteiger partial charge in [-0.1, -0.05) is 218 Å². The molecule has 5 heteroatoms. The maximum Gasteiger partial charge on any atom is 0.306 e. The molecule has 0 aliphatic carbocycles.